The van der Waals surface area contributed by atoms with E-state index in [1.54, 1.807) is 7.11 Å². The fourth-order valence-corrected chi connectivity index (χ4v) is 6.14. The number of carbonyl (C=O) groups excluding carboxylic acids is 1. The fraction of sp³-hybridized carbons (Fsp3) is 0.371. The monoisotopic (exact) mass is 580 g/mol. The molecule has 1 unspecified atom stereocenters. The molecule has 8 heteroatoms. The average molecular weight is 581 g/mol. The Balaban J connectivity index is 1.40. The lowest BCUT2D eigenvalue weighted by Gasteiger charge is -2.42. The third-order valence-electron chi connectivity index (χ3n) is 8.45. The molecule has 1 aliphatic carbocycles. The first-order valence-corrected chi connectivity index (χ1v) is 15.3. The lowest BCUT2D eigenvalue weighted by molar-refractivity contribution is 0.0244. The number of aliphatic hydroxyl groups is 1. The third kappa shape index (κ3) is 6.31. The van der Waals surface area contributed by atoms with Crippen molar-refractivity contribution in [3.05, 3.63) is 96.2 Å². The van der Waals surface area contributed by atoms with Gasteiger partial charge in [0, 0.05) is 37.8 Å². The van der Waals surface area contributed by atoms with E-state index in [0.717, 1.165) is 37.2 Å². The Morgan fingerprint density at radius 2 is 1.67 bits per heavy atom. The summed E-state index contributed by atoms with van der Waals surface area (Å²) in [6, 6.07) is 28.2. The number of aromatic nitrogens is 2. The summed E-state index contributed by atoms with van der Waals surface area (Å²) in [6.45, 7) is 5.09. The van der Waals surface area contributed by atoms with Gasteiger partial charge in [-0.15, -0.1) is 0 Å². The zero-order valence-electron chi connectivity index (χ0n) is 24.9. The molecule has 43 heavy (non-hydrogen) atoms. The number of aliphatic hydroxyl groups excluding tert-OH is 1. The van der Waals surface area contributed by atoms with Crippen LogP contribution in [0.3, 0.4) is 0 Å². The molecular formula is C35H40N4O4. The van der Waals surface area contributed by atoms with E-state index >= 15 is 0 Å². The summed E-state index contributed by atoms with van der Waals surface area (Å²) in [6.07, 6.45) is 2.23. The first kappa shape index (κ1) is 29.0. The molecule has 1 amide bonds. The van der Waals surface area contributed by atoms with Crippen molar-refractivity contribution in [2.75, 3.05) is 33.4 Å². The minimum atomic E-state index is -0.421. The summed E-state index contributed by atoms with van der Waals surface area (Å²) in [7, 11) is 1.63. The number of methoxy groups -OCH3 is 1. The van der Waals surface area contributed by atoms with Crippen molar-refractivity contribution in [3.8, 4) is 28.7 Å². The molecule has 1 aliphatic heterocycles. The maximum absolute atomic E-state index is 14.7. The lowest BCUT2D eigenvalue weighted by atomic mass is 10.00. The van der Waals surface area contributed by atoms with Gasteiger partial charge in [0.1, 0.15) is 5.75 Å². The fourth-order valence-electron chi connectivity index (χ4n) is 6.14. The summed E-state index contributed by atoms with van der Waals surface area (Å²) < 4.78 is 13.7. The Hall–Kier alpha value is -4.14. The van der Waals surface area contributed by atoms with E-state index in [1.807, 2.05) is 77.1 Å². The molecule has 0 radical (unpaired) electrons. The highest BCUT2D eigenvalue weighted by Gasteiger charge is 2.39. The molecule has 2 aliphatic rings. The Labute approximate surface area is 253 Å². The smallest absolute Gasteiger partial charge is 0.302 e. The van der Waals surface area contributed by atoms with Gasteiger partial charge in [-0.25, -0.2) is 0 Å². The maximum atomic E-state index is 14.7. The highest BCUT2D eigenvalue weighted by molar-refractivity contribution is 5.99. The highest BCUT2D eigenvalue weighted by atomic mass is 16.5. The standard InChI is InChI=1S/C35H40N4O4/c1-3-43-35-36-32(33(27-14-8-5-9-15-27)39(35)29-16-10-11-17-31(29)42-2)34(41)38-21-20-37(23-25-12-6-4-7-13-25)24-28(38)22-30(40)26-18-19-26/h4-17,26,28,30,40H,3,18-24H2,1-2H3/t28-,30?/m1/s1. The Bertz CT molecular complexity index is 1520. The number of carbonyl (C=O) groups is 1. The van der Waals surface area contributed by atoms with Crippen LogP contribution in [-0.2, 0) is 6.54 Å². The molecular weight excluding hydrogens is 540 g/mol. The predicted molar refractivity (Wildman–Crippen MR) is 167 cm³/mol. The molecule has 1 saturated carbocycles. The first-order valence-electron chi connectivity index (χ1n) is 15.3. The van der Waals surface area contributed by atoms with Gasteiger partial charge in [0.2, 0.25) is 0 Å². The van der Waals surface area contributed by atoms with E-state index in [0.29, 0.717) is 55.2 Å². The molecule has 2 atom stereocenters. The van der Waals surface area contributed by atoms with E-state index in [9.17, 15) is 9.90 Å². The molecule has 1 aromatic heterocycles. The number of rotatable bonds is 11. The molecule has 6 rings (SSSR count). The molecule has 2 fully saturated rings. The van der Waals surface area contributed by atoms with Crippen LogP contribution in [0.25, 0.3) is 16.9 Å². The van der Waals surface area contributed by atoms with Crippen LogP contribution in [0.2, 0.25) is 0 Å². The van der Waals surface area contributed by atoms with Crippen LogP contribution in [0.1, 0.15) is 42.2 Å². The van der Waals surface area contributed by atoms with Gasteiger partial charge >= 0.3 is 6.01 Å². The van der Waals surface area contributed by atoms with Crippen molar-refractivity contribution in [2.45, 2.75) is 44.9 Å². The van der Waals surface area contributed by atoms with Gasteiger partial charge in [-0.05, 0) is 49.8 Å². The zero-order valence-corrected chi connectivity index (χ0v) is 24.9. The van der Waals surface area contributed by atoms with Gasteiger partial charge in [-0.1, -0.05) is 72.8 Å². The van der Waals surface area contributed by atoms with Crippen LogP contribution < -0.4 is 9.47 Å². The summed E-state index contributed by atoms with van der Waals surface area (Å²) in [5, 5.41) is 11.0. The summed E-state index contributed by atoms with van der Waals surface area (Å²) in [4.78, 5) is 23.8. The molecule has 1 N–H and O–H groups in total. The SMILES string of the molecule is CCOc1nc(C(=O)N2CCN(Cc3ccccc3)C[C@H]2CC(O)C2CC2)c(-c2ccccc2)n1-c1ccccc1OC. The number of hydrogen-bond acceptors (Lipinski definition) is 6. The van der Waals surface area contributed by atoms with Gasteiger partial charge in [0.15, 0.2) is 5.69 Å². The van der Waals surface area contributed by atoms with Crippen LogP contribution in [0, 0.1) is 5.92 Å². The quantitative estimate of drug-likeness (QED) is 0.255. The van der Waals surface area contributed by atoms with Crippen molar-refractivity contribution >= 4 is 5.91 Å². The normalized spacial score (nSPS) is 17.9. The molecule has 4 aromatic rings. The Morgan fingerprint density at radius 1 is 0.977 bits per heavy atom. The van der Waals surface area contributed by atoms with Crippen molar-refractivity contribution < 1.29 is 19.4 Å². The topological polar surface area (TPSA) is 80.1 Å². The number of nitrogens with zero attached hydrogens (tertiary/aromatic N) is 4. The molecule has 224 valence electrons. The molecule has 2 heterocycles. The van der Waals surface area contributed by atoms with Gasteiger partial charge < -0.3 is 19.5 Å². The molecule has 0 bridgehead atoms. The second kappa shape index (κ2) is 13.0. The van der Waals surface area contributed by atoms with Crippen molar-refractivity contribution in [3.63, 3.8) is 0 Å². The number of hydrogen-bond donors (Lipinski definition) is 1. The van der Waals surface area contributed by atoms with Gasteiger partial charge in [-0.2, -0.15) is 4.98 Å². The second-order valence-electron chi connectivity index (χ2n) is 11.4. The Kier molecular flexibility index (Phi) is 8.77. The summed E-state index contributed by atoms with van der Waals surface area (Å²) in [5.74, 6) is 0.827. The van der Waals surface area contributed by atoms with Crippen LogP contribution in [0.15, 0.2) is 84.9 Å². The maximum Gasteiger partial charge on any atom is 0.302 e. The van der Waals surface area contributed by atoms with E-state index in [4.69, 9.17) is 14.5 Å². The van der Waals surface area contributed by atoms with Crippen LogP contribution >= 0.6 is 0 Å². The van der Waals surface area contributed by atoms with E-state index in [2.05, 4.69) is 29.2 Å². The first-order chi connectivity index (χ1) is 21.1. The van der Waals surface area contributed by atoms with E-state index < -0.39 is 6.10 Å². The van der Waals surface area contributed by atoms with Crippen molar-refractivity contribution in [2.24, 2.45) is 5.92 Å². The van der Waals surface area contributed by atoms with Gasteiger partial charge in [0.05, 0.1) is 31.2 Å². The lowest BCUT2D eigenvalue weighted by Crippen LogP contribution is -2.56. The third-order valence-corrected chi connectivity index (χ3v) is 8.45. The van der Waals surface area contributed by atoms with E-state index in [1.165, 1.54) is 5.56 Å². The number of amides is 1. The number of piperazine rings is 1. The Morgan fingerprint density at radius 3 is 2.37 bits per heavy atom. The van der Waals surface area contributed by atoms with Crippen LogP contribution in [0.4, 0.5) is 0 Å². The number of ether oxygens (including phenoxy) is 2. The summed E-state index contributed by atoms with van der Waals surface area (Å²) in [5.41, 5.74) is 3.83. The summed E-state index contributed by atoms with van der Waals surface area (Å²) >= 11 is 0. The molecule has 8 nitrogen and oxygen atoms in total. The van der Waals surface area contributed by atoms with Gasteiger partial charge in [0.25, 0.3) is 5.91 Å². The molecule has 3 aromatic carbocycles. The van der Waals surface area contributed by atoms with Crippen LogP contribution in [-0.4, -0.2) is 75.9 Å². The number of para-hydroxylation sites is 2. The number of imidazole rings is 1. The van der Waals surface area contributed by atoms with Gasteiger partial charge in [-0.3, -0.25) is 14.3 Å². The highest BCUT2D eigenvalue weighted by Crippen LogP contribution is 2.38. The van der Waals surface area contributed by atoms with Crippen molar-refractivity contribution in [1.29, 1.82) is 0 Å². The second-order valence-corrected chi connectivity index (χ2v) is 11.4. The minimum Gasteiger partial charge on any atom is -0.495 e. The predicted octanol–water partition coefficient (Wildman–Crippen LogP) is 5.43. The zero-order chi connectivity index (χ0) is 29.8. The molecule has 1 saturated heterocycles. The minimum absolute atomic E-state index is 0.142. The van der Waals surface area contributed by atoms with Crippen LogP contribution in [0.5, 0.6) is 11.8 Å². The van der Waals surface area contributed by atoms with Crippen molar-refractivity contribution in [1.82, 2.24) is 19.4 Å². The van der Waals surface area contributed by atoms with E-state index in [-0.39, 0.29) is 11.9 Å². The number of benzene rings is 3. The molecule has 0 spiro atoms. The average Bonchev–Trinajstić information content (AvgIpc) is 3.83. The largest absolute Gasteiger partial charge is 0.495 e.